The van der Waals surface area contributed by atoms with E-state index in [-0.39, 0.29) is 0 Å². The van der Waals surface area contributed by atoms with Gasteiger partial charge in [0, 0.05) is 24.7 Å². The van der Waals surface area contributed by atoms with Crippen LogP contribution >= 0.6 is 0 Å². The minimum absolute atomic E-state index is 0.730. The number of nitrogens with one attached hydrogen (secondary N) is 1. The topological polar surface area (TPSA) is 15.3 Å². The molecule has 0 spiro atoms. The lowest BCUT2D eigenvalue weighted by molar-refractivity contribution is 0.232. The van der Waals surface area contributed by atoms with Crippen LogP contribution in [0.2, 0.25) is 0 Å². The molecule has 0 aliphatic carbocycles. The fourth-order valence-electron chi connectivity index (χ4n) is 2.22. The number of likely N-dealkylation sites (tertiary alicyclic amines) is 1. The molecule has 2 heteroatoms. The standard InChI is InChI=1S/C7H14N2/c1-5-7-3-6(8-5)4-9(7)2/h5-8H,3-4H2,1-2H3/t5?,6-,7-/m1/s1. The Kier molecular flexibility index (Phi) is 1.08. The van der Waals surface area contributed by atoms with Gasteiger partial charge in [0.05, 0.1) is 0 Å². The molecule has 0 aromatic heterocycles. The van der Waals surface area contributed by atoms with Crippen LogP contribution in [0.3, 0.4) is 0 Å². The molecule has 2 saturated heterocycles. The number of nitrogens with zero attached hydrogens (tertiary/aromatic N) is 1. The number of hydrogen-bond acceptors (Lipinski definition) is 2. The summed E-state index contributed by atoms with van der Waals surface area (Å²) >= 11 is 0. The van der Waals surface area contributed by atoms with Crippen molar-refractivity contribution >= 4 is 0 Å². The van der Waals surface area contributed by atoms with Gasteiger partial charge in [-0.05, 0) is 20.4 Å². The van der Waals surface area contributed by atoms with Gasteiger partial charge in [-0.15, -0.1) is 0 Å². The van der Waals surface area contributed by atoms with E-state index in [1.807, 2.05) is 0 Å². The first kappa shape index (κ1) is 5.69. The maximum atomic E-state index is 3.54. The molecule has 52 valence electrons. The Balaban J connectivity index is 2.13. The van der Waals surface area contributed by atoms with E-state index in [1.54, 1.807) is 0 Å². The minimum Gasteiger partial charge on any atom is -0.309 e. The highest BCUT2D eigenvalue weighted by Crippen LogP contribution is 2.25. The number of rotatable bonds is 0. The van der Waals surface area contributed by atoms with E-state index in [1.165, 1.54) is 13.0 Å². The largest absolute Gasteiger partial charge is 0.309 e. The zero-order valence-electron chi connectivity index (χ0n) is 6.09. The van der Waals surface area contributed by atoms with E-state index < -0.39 is 0 Å². The highest BCUT2D eigenvalue weighted by molar-refractivity contribution is 5.00. The number of fused-ring (bicyclic) bond motifs is 2. The van der Waals surface area contributed by atoms with Crippen LogP contribution in [0, 0.1) is 0 Å². The van der Waals surface area contributed by atoms with Gasteiger partial charge in [0.25, 0.3) is 0 Å². The van der Waals surface area contributed by atoms with Crippen LogP contribution in [-0.2, 0) is 0 Å². The SMILES string of the molecule is CC1N[C@@H]2C[C@H]1N(C)C2. The van der Waals surface area contributed by atoms with Crippen molar-refractivity contribution in [3.05, 3.63) is 0 Å². The third-order valence-electron chi connectivity index (χ3n) is 2.68. The van der Waals surface area contributed by atoms with Crippen LogP contribution in [0.25, 0.3) is 0 Å². The lowest BCUT2D eigenvalue weighted by Gasteiger charge is -2.28. The first-order chi connectivity index (χ1) is 4.27. The van der Waals surface area contributed by atoms with E-state index in [0.717, 1.165) is 18.1 Å². The van der Waals surface area contributed by atoms with E-state index in [4.69, 9.17) is 0 Å². The van der Waals surface area contributed by atoms with Crippen LogP contribution in [0.4, 0.5) is 0 Å². The smallest absolute Gasteiger partial charge is 0.0259 e. The second-order valence-corrected chi connectivity index (χ2v) is 3.39. The van der Waals surface area contributed by atoms with Crippen molar-refractivity contribution < 1.29 is 0 Å². The molecule has 2 fully saturated rings. The Labute approximate surface area is 56.2 Å². The molecule has 0 saturated carbocycles. The maximum Gasteiger partial charge on any atom is 0.0259 e. The van der Waals surface area contributed by atoms with E-state index in [9.17, 15) is 0 Å². The van der Waals surface area contributed by atoms with Gasteiger partial charge < -0.3 is 10.2 Å². The molecule has 2 nitrogen and oxygen atoms in total. The summed E-state index contributed by atoms with van der Waals surface area (Å²) in [6.07, 6.45) is 1.37. The Morgan fingerprint density at radius 3 is 2.67 bits per heavy atom. The van der Waals surface area contributed by atoms with Crippen molar-refractivity contribution in [2.24, 2.45) is 0 Å². The van der Waals surface area contributed by atoms with Gasteiger partial charge in [-0.25, -0.2) is 0 Å². The summed E-state index contributed by atoms with van der Waals surface area (Å²) in [5.41, 5.74) is 0. The number of piperazine rings is 1. The van der Waals surface area contributed by atoms with Gasteiger partial charge in [0.2, 0.25) is 0 Å². The van der Waals surface area contributed by atoms with Crippen LogP contribution in [0.5, 0.6) is 0 Å². The van der Waals surface area contributed by atoms with Gasteiger partial charge in [-0.1, -0.05) is 0 Å². The van der Waals surface area contributed by atoms with Crippen molar-refractivity contribution in [1.29, 1.82) is 0 Å². The van der Waals surface area contributed by atoms with Crippen molar-refractivity contribution in [2.75, 3.05) is 13.6 Å². The average Bonchev–Trinajstić information content (AvgIpc) is 2.22. The molecule has 1 N–H and O–H groups in total. The number of likely N-dealkylation sites (N-methyl/N-ethyl adjacent to an activating group) is 1. The van der Waals surface area contributed by atoms with Gasteiger partial charge in [-0.3, -0.25) is 0 Å². The molecule has 1 unspecified atom stereocenters. The predicted molar refractivity (Wildman–Crippen MR) is 37.4 cm³/mol. The zero-order valence-corrected chi connectivity index (χ0v) is 6.09. The normalized spacial score (nSPS) is 50.7. The second-order valence-electron chi connectivity index (χ2n) is 3.39. The Hall–Kier alpha value is -0.0800. The highest BCUT2D eigenvalue weighted by atomic mass is 15.3. The predicted octanol–water partition coefficient (Wildman–Crippen LogP) is 0.0508. The van der Waals surface area contributed by atoms with Crippen molar-refractivity contribution in [3.63, 3.8) is 0 Å². The minimum atomic E-state index is 0.730. The third-order valence-corrected chi connectivity index (χ3v) is 2.68. The molecule has 0 amide bonds. The van der Waals surface area contributed by atoms with Gasteiger partial charge in [0.15, 0.2) is 0 Å². The zero-order chi connectivity index (χ0) is 6.43. The highest BCUT2D eigenvalue weighted by Gasteiger charge is 2.39. The monoisotopic (exact) mass is 126 g/mol. The first-order valence-electron chi connectivity index (χ1n) is 3.73. The summed E-state index contributed by atoms with van der Waals surface area (Å²) in [5.74, 6) is 0. The first-order valence-corrected chi connectivity index (χ1v) is 3.73. The lowest BCUT2D eigenvalue weighted by Crippen LogP contribution is -2.47. The van der Waals surface area contributed by atoms with Crippen molar-refractivity contribution in [1.82, 2.24) is 10.2 Å². The molecular formula is C7H14N2. The van der Waals surface area contributed by atoms with E-state index in [0.29, 0.717) is 0 Å². The quantitative estimate of drug-likeness (QED) is 0.493. The molecule has 2 aliphatic heterocycles. The summed E-state index contributed by atoms with van der Waals surface area (Å²) in [4.78, 5) is 2.46. The fourth-order valence-corrected chi connectivity index (χ4v) is 2.22. The van der Waals surface area contributed by atoms with Gasteiger partial charge in [-0.2, -0.15) is 0 Å². The Bertz CT molecular complexity index is 112. The summed E-state index contributed by atoms with van der Waals surface area (Å²) < 4.78 is 0. The lowest BCUT2D eigenvalue weighted by atomic mass is 10.1. The molecule has 0 radical (unpaired) electrons. The summed E-state index contributed by atoms with van der Waals surface area (Å²) in [6.45, 7) is 3.54. The molecule has 2 bridgehead atoms. The van der Waals surface area contributed by atoms with Crippen LogP contribution in [-0.4, -0.2) is 36.6 Å². The van der Waals surface area contributed by atoms with E-state index >= 15 is 0 Å². The Morgan fingerprint density at radius 2 is 2.33 bits per heavy atom. The van der Waals surface area contributed by atoms with Crippen molar-refractivity contribution in [2.45, 2.75) is 31.5 Å². The Morgan fingerprint density at radius 1 is 1.56 bits per heavy atom. The molecule has 9 heavy (non-hydrogen) atoms. The third kappa shape index (κ3) is 0.700. The van der Waals surface area contributed by atoms with Gasteiger partial charge in [0.1, 0.15) is 0 Å². The average molecular weight is 126 g/mol. The fraction of sp³-hybridized carbons (Fsp3) is 1.00. The van der Waals surface area contributed by atoms with E-state index in [2.05, 4.69) is 24.2 Å². The summed E-state index contributed by atoms with van der Waals surface area (Å²) in [7, 11) is 2.22. The van der Waals surface area contributed by atoms with Crippen LogP contribution < -0.4 is 5.32 Å². The molecule has 2 heterocycles. The van der Waals surface area contributed by atoms with Crippen LogP contribution in [0.15, 0.2) is 0 Å². The maximum absolute atomic E-state index is 3.54. The molecule has 3 atom stereocenters. The second kappa shape index (κ2) is 1.70. The summed E-state index contributed by atoms with van der Waals surface area (Å²) in [6, 6.07) is 2.36. The number of hydrogen-bond donors (Lipinski definition) is 1. The van der Waals surface area contributed by atoms with Crippen molar-refractivity contribution in [3.8, 4) is 0 Å². The molecular weight excluding hydrogens is 112 g/mol. The van der Waals surface area contributed by atoms with Gasteiger partial charge >= 0.3 is 0 Å². The van der Waals surface area contributed by atoms with Crippen LogP contribution in [0.1, 0.15) is 13.3 Å². The molecule has 2 rings (SSSR count). The molecule has 0 aromatic carbocycles. The summed E-state index contributed by atoms with van der Waals surface area (Å²) in [5, 5.41) is 3.54. The molecule has 0 aromatic rings. The molecule has 2 aliphatic rings.